The predicted octanol–water partition coefficient (Wildman–Crippen LogP) is 10.3. The van der Waals surface area contributed by atoms with E-state index in [4.69, 9.17) is 29.0 Å². The lowest BCUT2D eigenvalue weighted by atomic mass is 10.1. The Morgan fingerprint density at radius 1 is 0.685 bits per heavy atom. The van der Waals surface area contributed by atoms with E-state index in [0.717, 1.165) is 64.2 Å². The second-order valence-corrected chi connectivity index (χ2v) is 14.6. The van der Waals surface area contributed by atoms with E-state index in [1.165, 1.54) is 25.7 Å². The molecule has 0 radical (unpaired) electrons. The van der Waals surface area contributed by atoms with Gasteiger partial charge in [-0.05, 0) is 83.5 Å². The highest BCUT2D eigenvalue weighted by Crippen LogP contribution is 2.43. The van der Waals surface area contributed by atoms with Crippen LogP contribution in [0.4, 0.5) is 0 Å². The van der Waals surface area contributed by atoms with Gasteiger partial charge in [-0.25, -0.2) is 4.57 Å². The van der Waals surface area contributed by atoms with Gasteiger partial charge in [0, 0.05) is 19.4 Å². The minimum absolute atomic E-state index is 0.0326. The third-order valence-electron chi connectivity index (χ3n) is 8.19. The topological polar surface area (TPSA) is 147 Å². The number of hydrogen-bond donors (Lipinski definition) is 2. The molecule has 3 unspecified atom stereocenters. The van der Waals surface area contributed by atoms with Gasteiger partial charge in [-0.1, -0.05) is 118 Å². The molecule has 1 heterocycles. The van der Waals surface area contributed by atoms with Crippen LogP contribution in [0.25, 0.3) is 0 Å². The van der Waals surface area contributed by atoms with Crippen LogP contribution in [-0.2, 0) is 37.4 Å². The van der Waals surface area contributed by atoms with Gasteiger partial charge in [0.15, 0.2) is 6.10 Å². The molecule has 1 fully saturated rings. The summed E-state index contributed by atoms with van der Waals surface area (Å²) in [5.74, 6) is -0.959. The third-order valence-corrected chi connectivity index (χ3v) is 9.17. The van der Waals surface area contributed by atoms with E-state index in [2.05, 4.69) is 92.8 Å². The molecule has 0 amide bonds. The van der Waals surface area contributed by atoms with Crippen molar-refractivity contribution in [2.75, 3.05) is 26.4 Å². The molecule has 1 rings (SSSR count). The Hall–Kier alpha value is -2.85. The average Bonchev–Trinajstić information content (AvgIpc) is 3.91. The van der Waals surface area contributed by atoms with Gasteiger partial charge in [0.1, 0.15) is 6.61 Å². The van der Waals surface area contributed by atoms with Gasteiger partial charge in [0.05, 0.1) is 25.4 Å². The van der Waals surface area contributed by atoms with Crippen molar-refractivity contribution in [3.8, 4) is 0 Å². The highest BCUT2D eigenvalue weighted by Gasteiger charge is 2.36. The number of esters is 2. The number of allylic oxidation sites excluding steroid dienone is 13. The van der Waals surface area contributed by atoms with Gasteiger partial charge in [0.25, 0.3) is 0 Å². The molecule has 306 valence electrons. The van der Waals surface area contributed by atoms with Crippen LogP contribution < -0.4 is 5.73 Å². The van der Waals surface area contributed by atoms with Crippen molar-refractivity contribution >= 4 is 19.8 Å². The minimum Gasteiger partial charge on any atom is -0.462 e. The van der Waals surface area contributed by atoms with Gasteiger partial charge in [-0.2, -0.15) is 0 Å². The number of carbonyl (C=O) groups excluding carboxylic acids is 2. The lowest BCUT2D eigenvalue weighted by molar-refractivity contribution is -0.161. The average molecular weight is 776 g/mol. The first-order valence-corrected chi connectivity index (χ1v) is 21.7. The highest BCUT2D eigenvalue weighted by atomic mass is 31.2. The molecule has 0 aromatic carbocycles. The number of phosphoric acid groups is 1. The van der Waals surface area contributed by atoms with Crippen molar-refractivity contribution in [3.05, 3.63) is 85.1 Å². The molecule has 11 heteroatoms. The van der Waals surface area contributed by atoms with Gasteiger partial charge in [-0.3, -0.25) is 18.6 Å². The molecule has 10 nitrogen and oxygen atoms in total. The number of hydrogen-bond acceptors (Lipinski definition) is 9. The van der Waals surface area contributed by atoms with Crippen molar-refractivity contribution in [1.82, 2.24) is 0 Å². The number of phosphoric ester groups is 1. The van der Waals surface area contributed by atoms with E-state index in [1.54, 1.807) is 0 Å². The monoisotopic (exact) mass is 775 g/mol. The van der Waals surface area contributed by atoms with E-state index >= 15 is 0 Å². The molecule has 1 aliphatic heterocycles. The first-order chi connectivity index (χ1) is 26.3. The van der Waals surface area contributed by atoms with E-state index in [1.807, 2.05) is 6.08 Å². The molecule has 0 spiro atoms. The highest BCUT2D eigenvalue weighted by molar-refractivity contribution is 7.47. The van der Waals surface area contributed by atoms with E-state index in [-0.39, 0.29) is 32.6 Å². The van der Waals surface area contributed by atoms with Crippen molar-refractivity contribution in [3.63, 3.8) is 0 Å². The van der Waals surface area contributed by atoms with Crippen LogP contribution in [0.1, 0.15) is 129 Å². The Morgan fingerprint density at radius 3 is 1.87 bits per heavy atom. The molecule has 0 aromatic rings. The Labute approximate surface area is 326 Å². The van der Waals surface area contributed by atoms with Crippen LogP contribution >= 0.6 is 7.82 Å². The molecule has 1 aliphatic rings. The quantitative estimate of drug-likeness (QED) is 0.0210. The zero-order valence-electron chi connectivity index (χ0n) is 33.1. The summed E-state index contributed by atoms with van der Waals surface area (Å²) in [6.07, 6.45) is 45.2. The van der Waals surface area contributed by atoms with Crippen LogP contribution in [-0.4, -0.2) is 61.5 Å². The zero-order valence-corrected chi connectivity index (χ0v) is 34.0. The summed E-state index contributed by atoms with van der Waals surface area (Å²) in [5.41, 5.74) is 5.33. The third kappa shape index (κ3) is 31.5. The van der Waals surface area contributed by atoms with E-state index in [0.29, 0.717) is 25.0 Å². The first kappa shape index (κ1) is 49.2. The summed E-state index contributed by atoms with van der Waals surface area (Å²) in [6, 6.07) is 0. The molecule has 0 bridgehead atoms. The molecule has 4 atom stereocenters. The maximum Gasteiger partial charge on any atom is 0.472 e. The Bertz CT molecular complexity index is 1220. The molecular formula is C43H70NO9P. The summed E-state index contributed by atoms with van der Waals surface area (Å²) >= 11 is 0. The summed E-state index contributed by atoms with van der Waals surface area (Å²) in [6.45, 7) is 3.43. The number of rotatable bonds is 35. The fourth-order valence-corrected chi connectivity index (χ4v) is 5.89. The zero-order chi connectivity index (χ0) is 39.4. The molecular weight excluding hydrogens is 705 g/mol. The van der Waals surface area contributed by atoms with Gasteiger partial charge in [0.2, 0.25) is 0 Å². The van der Waals surface area contributed by atoms with Crippen LogP contribution in [0.5, 0.6) is 0 Å². The van der Waals surface area contributed by atoms with Crippen molar-refractivity contribution in [2.45, 2.75) is 148 Å². The predicted molar refractivity (Wildman–Crippen MR) is 219 cm³/mol. The molecule has 0 aliphatic carbocycles. The second kappa shape index (κ2) is 34.6. The SMILES string of the molecule is CC/C=C\C/C=C\C/C=C\C/C=C\CCCCC(=O)O[C@H](COC(=O)CCC/C=C\C/C=C\C/C=C\CC1OC1CCCCC)COP(=O)(O)OCCN. The Morgan fingerprint density at radius 2 is 1.26 bits per heavy atom. The molecule has 3 N–H and O–H groups in total. The van der Waals surface area contributed by atoms with Gasteiger partial charge < -0.3 is 24.8 Å². The van der Waals surface area contributed by atoms with Crippen molar-refractivity contribution in [1.29, 1.82) is 0 Å². The van der Waals surface area contributed by atoms with Gasteiger partial charge >= 0.3 is 19.8 Å². The number of ether oxygens (including phenoxy) is 3. The lowest BCUT2D eigenvalue weighted by Gasteiger charge is -2.19. The van der Waals surface area contributed by atoms with Crippen molar-refractivity contribution < 1.29 is 42.3 Å². The molecule has 0 aromatic heterocycles. The summed E-state index contributed by atoms with van der Waals surface area (Å²) in [5, 5.41) is 0. The molecule has 1 saturated heterocycles. The number of unbranched alkanes of at least 4 members (excludes halogenated alkanes) is 5. The molecule has 54 heavy (non-hydrogen) atoms. The fourth-order valence-electron chi connectivity index (χ4n) is 5.12. The second-order valence-electron chi connectivity index (χ2n) is 13.2. The number of carbonyl (C=O) groups is 2. The van der Waals surface area contributed by atoms with Crippen LogP contribution in [0, 0.1) is 0 Å². The Balaban J connectivity index is 2.28. The van der Waals surface area contributed by atoms with Crippen molar-refractivity contribution in [2.24, 2.45) is 5.73 Å². The summed E-state index contributed by atoms with van der Waals surface area (Å²) < 4.78 is 38.3. The normalized spacial score (nSPS) is 18.0. The number of epoxide rings is 1. The minimum atomic E-state index is -4.41. The summed E-state index contributed by atoms with van der Waals surface area (Å²) in [4.78, 5) is 34.8. The molecule has 0 saturated carbocycles. The maximum atomic E-state index is 12.5. The first-order valence-electron chi connectivity index (χ1n) is 20.2. The summed E-state index contributed by atoms with van der Waals surface area (Å²) in [7, 11) is -4.41. The largest absolute Gasteiger partial charge is 0.472 e. The Kier molecular flexibility index (Phi) is 31.5. The van der Waals surface area contributed by atoms with Crippen LogP contribution in [0.2, 0.25) is 0 Å². The maximum absolute atomic E-state index is 12.5. The van der Waals surface area contributed by atoms with E-state index in [9.17, 15) is 19.0 Å². The van der Waals surface area contributed by atoms with E-state index < -0.39 is 32.5 Å². The smallest absolute Gasteiger partial charge is 0.462 e. The number of nitrogens with two attached hydrogens (primary N) is 1. The standard InChI is InChI=1S/C43H70NO9P/c1-3-5-7-8-9-10-11-12-13-14-15-20-23-26-30-34-43(46)52-39(38-51-54(47,48)50-36-35-44)37-49-42(45)33-29-25-22-19-17-16-18-21-24-28-32-41-40(53-41)31-27-6-4-2/h5,7,9-10,12-13,15-16,18-20,22,24,28,39-41H,3-4,6,8,11,14,17,21,23,25-27,29-38,44H2,1-2H3,(H,47,48)/b7-5-,10-9-,13-12-,18-16-,20-15-,22-19-,28-24-/t39-,40?,41?/m1/s1. The fraction of sp³-hybridized carbons (Fsp3) is 0.628. The van der Waals surface area contributed by atoms with Crippen LogP contribution in [0.15, 0.2) is 85.1 Å². The van der Waals surface area contributed by atoms with Crippen LogP contribution in [0.3, 0.4) is 0 Å². The van der Waals surface area contributed by atoms with Gasteiger partial charge in [-0.15, -0.1) is 0 Å². The lowest BCUT2D eigenvalue weighted by Crippen LogP contribution is -2.29.